The molecule has 27 heavy (non-hydrogen) atoms. The van der Waals surface area contributed by atoms with Crippen LogP contribution in [0, 0.1) is 10.1 Å². The van der Waals surface area contributed by atoms with Gasteiger partial charge >= 0.3 is 0 Å². The maximum absolute atomic E-state index is 13.0. The van der Waals surface area contributed by atoms with Gasteiger partial charge in [-0.1, -0.05) is 6.07 Å². The number of amides is 1. The van der Waals surface area contributed by atoms with Crippen molar-refractivity contribution in [3.8, 4) is 0 Å². The molecule has 0 saturated carbocycles. The van der Waals surface area contributed by atoms with Crippen LogP contribution in [-0.4, -0.2) is 28.0 Å². The lowest BCUT2D eigenvalue weighted by molar-refractivity contribution is -0.384. The van der Waals surface area contributed by atoms with Crippen LogP contribution in [0.5, 0.6) is 0 Å². The van der Waals surface area contributed by atoms with Gasteiger partial charge in [0.2, 0.25) is 5.91 Å². The minimum atomic E-state index is -0.419. The molecule has 0 fully saturated rings. The number of nitro groups is 1. The van der Waals surface area contributed by atoms with Crippen molar-refractivity contribution in [3.05, 3.63) is 78.7 Å². The first-order chi connectivity index (χ1) is 13.1. The Kier molecular flexibility index (Phi) is 5.29. The predicted molar refractivity (Wildman–Crippen MR) is 110 cm³/mol. The second-order valence-corrected chi connectivity index (χ2v) is 9.12. The zero-order valence-electron chi connectivity index (χ0n) is 14.2. The van der Waals surface area contributed by atoms with Crippen LogP contribution < -0.4 is 0 Å². The number of rotatable bonds is 5. The fourth-order valence-electron chi connectivity index (χ4n) is 3.23. The van der Waals surface area contributed by atoms with E-state index in [1.165, 1.54) is 39.2 Å². The zero-order chi connectivity index (χ0) is 18.8. The molecular weight excluding hydrogens is 400 g/mol. The van der Waals surface area contributed by atoms with E-state index in [1.54, 1.807) is 34.8 Å². The van der Waals surface area contributed by atoms with Crippen LogP contribution in [-0.2, 0) is 11.2 Å². The van der Waals surface area contributed by atoms with E-state index < -0.39 is 4.92 Å². The highest BCUT2D eigenvalue weighted by Gasteiger charge is 2.33. The number of carbonyl (C=O) groups is 1. The van der Waals surface area contributed by atoms with Crippen molar-refractivity contribution >= 4 is 46.0 Å². The second kappa shape index (κ2) is 7.84. The van der Waals surface area contributed by atoms with Crippen molar-refractivity contribution in [2.45, 2.75) is 17.4 Å². The van der Waals surface area contributed by atoms with Gasteiger partial charge in [-0.05, 0) is 47.0 Å². The Hall–Kier alpha value is -2.16. The van der Waals surface area contributed by atoms with Gasteiger partial charge in [0.1, 0.15) is 0 Å². The molecule has 138 valence electrons. The normalized spacial score (nSPS) is 16.1. The summed E-state index contributed by atoms with van der Waals surface area (Å²) in [7, 11) is 0. The SMILES string of the molecule is O=C(CSc1ccc([N+](=O)[O-])cc1)N1CCc2sccc2C1c1cccs1. The van der Waals surface area contributed by atoms with Gasteiger partial charge in [-0.3, -0.25) is 14.9 Å². The van der Waals surface area contributed by atoms with Crippen LogP contribution in [0.4, 0.5) is 5.69 Å². The molecule has 4 rings (SSSR count). The highest BCUT2D eigenvalue weighted by Crippen LogP contribution is 2.39. The monoisotopic (exact) mass is 416 g/mol. The number of hydrogen-bond donors (Lipinski definition) is 0. The van der Waals surface area contributed by atoms with E-state index in [2.05, 4.69) is 17.5 Å². The number of hydrogen-bond acceptors (Lipinski definition) is 6. The Balaban J connectivity index is 1.50. The largest absolute Gasteiger partial charge is 0.330 e. The van der Waals surface area contributed by atoms with Crippen LogP contribution in [0.1, 0.15) is 21.4 Å². The summed E-state index contributed by atoms with van der Waals surface area (Å²) in [6, 6.07) is 12.6. The molecule has 0 aliphatic carbocycles. The van der Waals surface area contributed by atoms with Crippen LogP contribution in [0.2, 0.25) is 0 Å². The van der Waals surface area contributed by atoms with Gasteiger partial charge in [0.25, 0.3) is 5.69 Å². The number of benzene rings is 1. The number of nitro benzene ring substituents is 1. The lowest BCUT2D eigenvalue weighted by atomic mass is 9.98. The first kappa shape index (κ1) is 18.2. The van der Waals surface area contributed by atoms with E-state index in [0.29, 0.717) is 5.75 Å². The average molecular weight is 417 g/mol. The molecule has 1 aliphatic heterocycles. The number of non-ortho nitro benzene ring substituents is 1. The summed E-state index contributed by atoms with van der Waals surface area (Å²) in [5, 5.41) is 14.9. The maximum Gasteiger partial charge on any atom is 0.269 e. The molecule has 0 radical (unpaired) electrons. The number of nitrogens with zero attached hydrogens (tertiary/aromatic N) is 2. The molecule has 1 unspecified atom stereocenters. The standard InChI is InChI=1S/C19H16N2O3S3/c22-18(12-27-14-5-3-13(4-6-14)21(23)24)20-9-7-16-15(8-11-26-16)19(20)17-2-1-10-25-17/h1-6,8,10-11,19H,7,9,12H2. The zero-order valence-corrected chi connectivity index (χ0v) is 16.7. The molecule has 3 heterocycles. The summed E-state index contributed by atoms with van der Waals surface area (Å²) >= 11 is 4.85. The third-order valence-electron chi connectivity index (χ3n) is 4.51. The van der Waals surface area contributed by atoms with Gasteiger partial charge in [0, 0.05) is 33.3 Å². The first-order valence-corrected chi connectivity index (χ1v) is 11.1. The number of carbonyl (C=O) groups excluding carboxylic acids is 1. The molecule has 0 spiro atoms. The summed E-state index contributed by atoms with van der Waals surface area (Å²) in [5.74, 6) is 0.410. The molecule has 8 heteroatoms. The fraction of sp³-hybridized carbons (Fsp3) is 0.211. The van der Waals surface area contributed by atoms with E-state index >= 15 is 0 Å². The van der Waals surface area contributed by atoms with Crippen molar-refractivity contribution in [1.29, 1.82) is 0 Å². The summed E-state index contributed by atoms with van der Waals surface area (Å²) in [4.78, 5) is 28.7. The molecule has 2 aromatic heterocycles. The van der Waals surface area contributed by atoms with Gasteiger partial charge in [-0.25, -0.2) is 0 Å². The Bertz CT molecular complexity index is 951. The quantitative estimate of drug-likeness (QED) is 0.334. The molecular formula is C19H16N2O3S3. The van der Waals surface area contributed by atoms with Crippen molar-refractivity contribution in [3.63, 3.8) is 0 Å². The molecule has 5 nitrogen and oxygen atoms in total. The molecule has 1 atom stereocenters. The predicted octanol–water partition coefficient (Wildman–Crippen LogP) is 4.98. The smallest absolute Gasteiger partial charge is 0.269 e. The van der Waals surface area contributed by atoms with Crippen molar-refractivity contribution in [2.75, 3.05) is 12.3 Å². The minimum absolute atomic E-state index is 0.00930. The molecule has 1 aliphatic rings. The van der Waals surface area contributed by atoms with Gasteiger partial charge in [0.05, 0.1) is 16.7 Å². The van der Waals surface area contributed by atoms with Gasteiger partial charge in [-0.2, -0.15) is 0 Å². The Labute approximate surface area is 168 Å². The summed E-state index contributed by atoms with van der Waals surface area (Å²) in [6.07, 6.45) is 0.892. The molecule has 1 aromatic carbocycles. The molecule has 0 N–H and O–H groups in total. The summed E-state index contributed by atoms with van der Waals surface area (Å²) in [6.45, 7) is 0.718. The Morgan fingerprint density at radius 2 is 2.00 bits per heavy atom. The highest BCUT2D eigenvalue weighted by molar-refractivity contribution is 8.00. The minimum Gasteiger partial charge on any atom is -0.330 e. The number of fused-ring (bicyclic) bond motifs is 1. The molecule has 0 saturated heterocycles. The van der Waals surface area contributed by atoms with E-state index in [9.17, 15) is 14.9 Å². The highest BCUT2D eigenvalue weighted by atomic mass is 32.2. The van der Waals surface area contributed by atoms with Crippen LogP contribution in [0.3, 0.4) is 0 Å². The van der Waals surface area contributed by atoms with Crippen LogP contribution in [0.25, 0.3) is 0 Å². The second-order valence-electron chi connectivity index (χ2n) is 6.09. The lowest BCUT2D eigenvalue weighted by Crippen LogP contribution is -2.40. The number of thiophene rings is 2. The van der Waals surface area contributed by atoms with Crippen molar-refractivity contribution in [2.24, 2.45) is 0 Å². The van der Waals surface area contributed by atoms with Gasteiger partial charge in [0.15, 0.2) is 0 Å². The molecule has 0 bridgehead atoms. The maximum atomic E-state index is 13.0. The Morgan fingerprint density at radius 3 is 2.70 bits per heavy atom. The van der Waals surface area contributed by atoms with Gasteiger partial charge in [-0.15, -0.1) is 34.4 Å². The topological polar surface area (TPSA) is 63.4 Å². The van der Waals surface area contributed by atoms with Crippen molar-refractivity contribution in [1.82, 2.24) is 4.90 Å². The van der Waals surface area contributed by atoms with Crippen LogP contribution >= 0.6 is 34.4 Å². The number of thioether (sulfide) groups is 1. The third-order valence-corrected chi connectivity index (χ3v) is 7.43. The lowest BCUT2D eigenvalue weighted by Gasteiger charge is -2.35. The van der Waals surface area contributed by atoms with Gasteiger partial charge < -0.3 is 4.90 Å². The first-order valence-electron chi connectivity index (χ1n) is 8.40. The van der Waals surface area contributed by atoms with E-state index in [4.69, 9.17) is 0 Å². The Morgan fingerprint density at radius 1 is 1.19 bits per heavy atom. The fourth-order valence-corrected chi connectivity index (χ4v) is 5.77. The third kappa shape index (κ3) is 3.78. The van der Waals surface area contributed by atoms with Crippen molar-refractivity contribution < 1.29 is 9.72 Å². The van der Waals surface area contributed by atoms with Crippen LogP contribution in [0.15, 0.2) is 58.1 Å². The average Bonchev–Trinajstić information content (AvgIpc) is 3.37. The van der Waals surface area contributed by atoms with E-state index in [1.807, 2.05) is 16.3 Å². The van der Waals surface area contributed by atoms with E-state index in [-0.39, 0.29) is 17.6 Å². The molecule has 1 amide bonds. The summed E-state index contributed by atoms with van der Waals surface area (Å²) < 4.78 is 0. The van der Waals surface area contributed by atoms with E-state index in [0.717, 1.165) is 17.9 Å². The molecule has 3 aromatic rings. The summed E-state index contributed by atoms with van der Waals surface area (Å²) in [5.41, 5.74) is 1.30.